The molecule has 4 rings (SSSR count). The Bertz CT molecular complexity index is 1340. The second-order valence-corrected chi connectivity index (χ2v) is 10.4. The van der Waals surface area contributed by atoms with Crippen LogP contribution < -0.4 is 4.74 Å². The summed E-state index contributed by atoms with van der Waals surface area (Å²) >= 11 is 0. The quantitative estimate of drug-likeness (QED) is 0.410. The fraction of sp³-hybridized carbons (Fsp3) is 0.429. The third-order valence-electron chi connectivity index (χ3n) is 6.38. The van der Waals surface area contributed by atoms with Crippen molar-refractivity contribution in [2.45, 2.75) is 39.0 Å². The summed E-state index contributed by atoms with van der Waals surface area (Å²) in [6.07, 6.45) is -2.37. The first-order chi connectivity index (χ1) is 17.9. The molecule has 10 heteroatoms. The number of likely N-dealkylation sites (N-methyl/N-ethyl adjacent to an activating group) is 1. The summed E-state index contributed by atoms with van der Waals surface area (Å²) in [7, 11) is 3.23. The van der Waals surface area contributed by atoms with Crippen LogP contribution in [0.3, 0.4) is 0 Å². The van der Waals surface area contributed by atoms with E-state index in [2.05, 4.69) is 14.9 Å². The average Bonchev–Trinajstić information content (AvgIpc) is 3.29. The molecule has 204 valence electrons. The Balaban J connectivity index is 1.58. The van der Waals surface area contributed by atoms with Gasteiger partial charge in [-0.15, -0.1) is 0 Å². The van der Waals surface area contributed by atoms with Crippen molar-refractivity contribution in [3.63, 3.8) is 0 Å². The number of nitrogens with zero attached hydrogens (tertiary/aromatic N) is 3. The molecule has 2 heterocycles. The number of hydrogen-bond acceptors (Lipinski definition) is 5. The molecule has 1 aromatic heterocycles. The largest absolute Gasteiger partial charge is 0.496 e. The number of ether oxygens (including phenoxy) is 2. The number of para-hydroxylation sites is 1. The molecule has 0 radical (unpaired) electrons. The molecule has 0 spiro atoms. The van der Waals surface area contributed by atoms with Crippen molar-refractivity contribution in [2.75, 3.05) is 40.3 Å². The van der Waals surface area contributed by atoms with Crippen molar-refractivity contribution in [1.29, 1.82) is 0 Å². The number of nitrogens with one attached hydrogen (secondary N) is 1. The van der Waals surface area contributed by atoms with Gasteiger partial charge in [0.1, 0.15) is 17.2 Å². The number of aromatic amines is 1. The zero-order valence-corrected chi connectivity index (χ0v) is 22.3. The van der Waals surface area contributed by atoms with Gasteiger partial charge in [0.15, 0.2) is 0 Å². The molecular formula is C28H33F3N4O3. The highest BCUT2D eigenvalue weighted by atomic mass is 19.4. The highest BCUT2D eigenvalue weighted by Crippen LogP contribution is 2.38. The average molecular weight is 531 g/mol. The fourth-order valence-electron chi connectivity index (χ4n) is 4.38. The normalized spacial score (nSPS) is 14.9. The second kappa shape index (κ2) is 10.7. The van der Waals surface area contributed by atoms with Crippen LogP contribution in [0.2, 0.25) is 0 Å². The van der Waals surface area contributed by atoms with E-state index >= 15 is 0 Å². The standard InChI is InChI=1S/C28H33F3N4O3/c1-27(2,3)38-26(36)34(4)14-15-35-12-10-18(11-13-35)21-16-19(28(29,30)31)17-22-24(21)33-25(32-22)20-8-6-7-9-23(20)37-5/h6-10,16-17H,11-15H2,1-5H3,(H,32,33). The van der Waals surface area contributed by atoms with E-state index in [9.17, 15) is 18.0 Å². The van der Waals surface area contributed by atoms with Crippen molar-refractivity contribution in [1.82, 2.24) is 19.8 Å². The second-order valence-electron chi connectivity index (χ2n) is 10.4. The van der Waals surface area contributed by atoms with E-state index in [1.807, 2.05) is 45.0 Å². The molecule has 0 bridgehead atoms. The number of H-pyrrole nitrogens is 1. The number of carbonyl (C=O) groups is 1. The van der Waals surface area contributed by atoms with E-state index in [1.54, 1.807) is 20.2 Å². The number of methoxy groups -OCH3 is 1. The van der Waals surface area contributed by atoms with Gasteiger partial charge in [-0.3, -0.25) is 4.90 Å². The van der Waals surface area contributed by atoms with E-state index in [0.29, 0.717) is 60.8 Å². The lowest BCUT2D eigenvalue weighted by atomic mass is 9.96. The highest BCUT2D eigenvalue weighted by molar-refractivity contribution is 5.92. The fourth-order valence-corrected chi connectivity index (χ4v) is 4.38. The Labute approximate surface area is 220 Å². The van der Waals surface area contributed by atoms with E-state index in [0.717, 1.165) is 11.6 Å². The Morgan fingerprint density at radius 3 is 2.53 bits per heavy atom. The maximum atomic E-state index is 13.8. The number of imidazole rings is 1. The number of amides is 1. The number of aromatic nitrogens is 2. The monoisotopic (exact) mass is 530 g/mol. The topological polar surface area (TPSA) is 70.7 Å². The summed E-state index contributed by atoms with van der Waals surface area (Å²) in [6.45, 7) is 7.77. The lowest BCUT2D eigenvalue weighted by Gasteiger charge is -2.29. The number of benzene rings is 2. The Morgan fingerprint density at radius 2 is 1.89 bits per heavy atom. The summed E-state index contributed by atoms with van der Waals surface area (Å²) < 4.78 is 52.2. The molecule has 0 unspecified atom stereocenters. The zero-order chi connectivity index (χ0) is 27.7. The molecule has 0 fully saturated rings. The van der Waals surface area contributed by atoms with Gasteiger partial charge < -0.3 is 19.4 Å². The summed E-state index contributed by atoms with van der Waals surface area (Å²) in [5.74, 6) is 1.02. The van der Waals surface area contributed by atoms with E-state index in [1.165, 1.54) is 11.0 Å². The number of halogens is 3. The van der Waals surface area contributed by atoms with Gasteiger partial charge in [-0.1, -0.05) is 18.2 Å². The summed E-state index contributed by atoms with van der Waals surface area (Å²) in [4.78, 5) is 23.6. The molecule has 1 aliphatic heterocycles. The van der Waals surface area contributed by atoms with E-state index in [4.69, 9.17) is 9.47 Å². The van der Waals surface area contributed by atoms with Crippen LogP contribution in [0.1, 0.15) is 38.3 Å². The van der Waals surface area contributed by atoms with Gasteiger partial charge in [-0.2, -0.15) is 13.2 Å². The summed E-state index contributed by atoms with van der Waals surface area (Å²) in [5, 5.41) is 0. The van der Waals surface area contributed by atoms with Gasteiger partial charge in [0.2, 0.25) is 0 Å². The molecule has 1 aliphatic rings. The molecule has 7 nitrogen and oxygen atoms in total. The molecule has 0 saturated carbocycles. The first-order valence-corrected chi connectivity index (χ1v) is 12.5. The van der Waals surface area contributed by atoms with Gasteiger partial charge in [0, 0.05) is 38.8 Å². The highest BCUT2D eigenvalue weighted by Gasteiger charge is 2.33. The number of carbonyl (C=O) groups excluding carboxylic acids is 1. The van der Waals surface area contributed by atoms with Crippen molar-refractivity contribution < 1.29 is 27.4 Å². The van der Waals surface area contributed by atoms with Crippen LogP contribution in [0.4, 0.5) is 18.0 Å². The molecule has 0 aliphatic carbocycles. The number of hydrogen-bond donors (Lipinski definition) is 1. The molecule has 38 heavy (non-hydrogen) atoms. The minimum absolute atomic E-state index is 0.248. The number of rotatable bonds is 6. The van der Waals surface area contributed by atoms with E-state index in [-0.39, 0.29) is 11.6 Å². The van der Waals surface area contributed by atoms with Crippen molar-refractivity contribution in [3.8, 4) is 17.1 Å². The molecule has 3 aromatic rings. The molecule has 0 saturated heterocycles. The third kappa shape index (κ3) is 6.30. The van der Waals surface area contributed by atoms with Crippen LogP contribution in [0, 0.1) is 0 Å². The first-order valence-electron chi connectivity index (χ1n) is 12.5. The Kier molecular flexibility index (Phi) is 7.73. The molecule has 1 N–H and O–H groups in total. The summed E-state index contributed by atoms with van der Waals surface area (Å²) in [6, 6.07) is 9.52. The zero-order valence-electron chi connectivity index (χ0n) is 22.3. The van der Waals surface area contributed by atoms with Crippen LogP contribution in [0.25, 0.3) is 28.0 Å². The van der Waals surface area contributed by atoms with Gasteiger partial charge in [0.05, 0.1) is 29.3 Å². The van der Waals surface area contributed by atoms with Gasteiger partial charge in [-0.05, 0) is 57.0 Å². The van der Waals surface area contributed by atoms with Crippen LogP contribution in [0.15, 0.2) is 42.5 Å². The number of alkyl halides is 3. The first kappa shape index (κ1) is 27.5. The minimum atomic E-state index is -4.50. The molecule has 0 atom stereocenters. The van der Waals surface area contributed by atoms with Crippen molar-refractivity contribution >= 4 is 22.7 Å². The predicted octanol–water partition coefficient (Wildman–Crippen LogP) is 6.21. The third-order valence-corrected chi connectivity index (χ3v) is 6.38. The van der Waals surface area contributed by atoms with Gasteiger partial charge in [0.25, 0.3) is 0 Å². The summed E-state index contributed by atoms with van der Waals surface area (Å²) in [5.41, 5.74) is 1.50. The minimum Gasteiger partial charge on any atom is -0.496 e. The Morgan fingerprint density at radius 1 is 1.16 bits per heavy atom. The predicted molar refractivity (Wildman–Crippen MR) is 141 cm³/mol. The van der Waals surface area contributed by atoms with Gasteiger partial charge in [-0.25, -0.2) is 9.78 Å². The Hall–Kier alpha value is -3.53. The van der Waals surface area contributed by atoms with Crippen LogP contribution in [-0.4, -0.2) is 71.8 Å². The smallest absolute Gasteiger partial charge is 0.416 e. The van der Waals surface area contributed by atoms with Crippen molar-refractivity contribution in [3.05, 3.63) is 53.6 Å². The number of fused-ring (bicyclic) bond motifs is 1. The molecule has 2 aromatic carbocycles. The lowest BCUT2D eigenvalue weighted by molar-refractivity contribution is -0.137. The van der Waals surface area contributed by atoms with Crippen LogP contribution in [0.5, 0.6) is 5.75 Å². The van der Waals surface area contributed by atoms with Crippen molar-refractivity contribution in [2.24, 2.45) is 0 Å². The van der Waals surface area contributed by atoms with E-state index < -0.39 is 17.3 Å². The maximum absolute atomic E-state index is 13.8. The van der Waals surface area contributed by atoms with Gasteiger partial charge >= 0.3 is 12.3 Å². The molecule has 1 amide bonds. The SMILES string of the molecule is COc1ccccc1-c1nc2cc(C(F)(F)F)cc(C3=CCN(CCN(C)C(=O)OC(C)(C)C)CC3)c2[nH]1. The molecular weight excluding hydrogens is 497 g/mol. The van der Waals surface area contributed by atoms with Crippen LogP contribution in [-0.2, 0) is 10.9 Å². The van der Waals surface area contributed by atoms with Crippen LogP contribution >= 0.6 is 0 Å². The maximum Gasteiger partial charge on any atom is 0.416 e. The lowest BCUT2D eigenvalue weighted by Crippen LogP contribution is -2.40.